The molecule has 6 rings (SSSR count). The number of nitrogens with one attached hydrogen (secondary N) is 2. The van der Waals surface area contributed by atoms with E-state index in [-0.39, 0.29) is 11.8 Å². The van der Waals surface area contributed by atoms with Gasteiger partial charge in [0.2, 0.25) is 11.8 Å². The minimum atomic E-state index is 0.120. The molecule has 0 bridgehead atoms. The van der Waals surface area contributed by atoms with Gasteiger partial charge in [0.15, 0.2) is 0 Å². The summed E-state index contributed by atoms with van der Waals surface area (Å²) in [6, 6.07) is 6.93. The quantitative estimate of drug-likeness (QED) is 0.490. The number of ether oxygens (including phenoxy) is 2. The van der Waals surface area contributed by atoms with Crippen LogP contribution in [0, 0.1) is 0 Å². The standard InChI is InChI=1S/C32H40N2O4/c1-3-28(35)33-13-9-19-5-6-20-18-26(32-24(30(19)20)12-16-38-32)25-17-21(10-14-34-29(36)4-2)31-22(25)7-8-27-23(31)11-15-37-27/h7-8,18-19,21,25H,3-6,9-17H2,1-2H3,(H,33,35)(H,34,36)/t19-,21+,25?/m0/s1. The zero-order valence-electron chi connectivity index (χ0n) is 22.8. The zero-order valence-corrected chi connectivity index (χ0v) is 22.8. The first-order valence-corrected chi connectivity index (χ1v) is 14.7. The van der Waals surface area contributed by atoms with Crippen LogP contribution < -0.4 is 20.1 Å². The van der Waals surface area contributed by atoms with Crippen molar-refractivity contribution in [2.24, 2.45) is 0 Å². The minimum Gasteiger partial charge on any atom is -0.493 e. The summed E-state index contributed by atoms with van der Waals surface area (Å²) in [6.07, 6.45) is 8.26. The Bertz CT molecular complexity index is 1250. The molecule has 2 aromatic carbocycles. The van der Waals surface area contributed by atoms with Crippen molar-refractivity contribution in [3.05, 3.63) is 57.1 Å². The van der Waals surface area contributed by atoms with Gasteiger partial charge >= 0.3 is 0 Å². The lowest BCUT2D eigenvalue weighted by molar-refractivity contribution is -0.121. The molecule has 6 heteroatoms. The molecule has 1 unspecified atom stereocenters. The molecule has 3 atom stereocenters. The molecule has 38 heavy (non-hydrogen) atoms. The Kier molecular flexibility index (Phi) is 7.07. The van der Waals surface area contributed by atoms with Crippen LogP contribution in [0.15, 0.2) is 18.2 Å². The van der Waals surface area contributed by atoms with Crippen molar-refractivity contribution in [3.63, 3.8) is 0 Å². The van der Waals surface area contributed by atoms with E-state index in [1.54, 1.807) is 0 Å². The molecule has 0 spiro atoms. The molecule has 0 fully saturated rings. The van der Waals surface area contributed by atoms with E-state index in [0.717, 1.165) is 76.2 Å². The van der Waals surface area contributed by atoms with Crippen LogP contribution in [0.3, 0.4) is 0 Å². The molecule has 6 nitrogen and oxygen atoms in total. The van der Waals surface area contributed by atoms with E-state index >= 15 is 0 Å². The summed E-state index contributed by atoms with van der Waals surface area (Å²) in [5.41, 5.74) is 10.0. The molecule has 0 saturated carbocycles. The molecule has 0 aromatic heterocycles. The predicted molar refractivity (Wildman–Crippen MR) is 147 cm³/mol. The lowest BCUT2D eigenvalue weighted by Gasteiger charge is -2.21. The second-order valence-corrected chi connectivity index (χ2v) is 11.3. The summed E-state index contributed by atoms with van der Waals surface area (Å²) in [6.45, 7) is 6.77. The second-order valence-electron chi connectivity index (χ2n) is 11.3. The van der Waals surface area contributed by atoms with E-state index in [4.69, 9.17) is 9.47 Å². The number of benzene rings is 2. The lowest BCUT2D eigenvalue weighted by Crippen LogP contribution is -2.24. The van der Waals surface area contributed by atoms with Crippen LogP contribution in [0.5, 0.6) is 11.5 Å². The highest BCUT2D eigenvalue weighted by Gasteiger charge is 2.40. The number of hydrogen-bond acceptors (Lipinski definition) is 4. The van der Waals surface area contributed by atoms with Crippen molar-refractivity contribution in [2.75, 3.05) is 26.3 Å². The van der Waals surface area contributed by atoms with E-state index in [1.165, 1.54) is 38.9 Å². The number of aryl methyl sites for hydroxylation is 1. The van der Waals surface area contributed by atoms with Gasteiger partial charge in [-0.25, -0.2) is 0 Å². The third-order valence-electron chi connectivity index (χ3n) is 9.21. The van der Waals surface area contributed by atoms with Gasteiger partial charge in [-0.1, -0.05) is 26.0 Å². The molecule has 0 saturated heterocycles. The molecule has 4 aliphatic rings. The van der Waals surface area contributed by atoms with Crippen molar-refractivity contribution >= 4 is 11.8 Å². The largest absolute Gasteiger partial charge is 0.493 e. The first-order valence-electron chi connectivity index (χ1n) is 14.7. The highest BCUT2D eigenvalue weighted by Crippen LogP contribution is 2.55. The van der Waals surface area contributed by atoms with Crippen LogP contribution in [-0.4, -0.2) is 38.1 Å². The molecule has 2 aliphatic heterocycles. The molecule has 2 aliphatic carbocycles. The maximum absolute atomic E-state index is 11.9. The zero-order chi connectivity index (χ0) is 26.2. The van der Waals surface area contributed by atoms with Crippen LogP contribution in [-0.2, 0) is 28.9 Å². The summed E-state index contributed by atoms with van der Waals surface area (Å²) in [7, 11) is 0. The fraction of sp³-hybridized carbons (Fsp3) is 0.562. The molecule has 2 heterocycles. The van der Waals surface area contributed by atoms with Gasteiger partial charge in [0.1, 0.15) is 11.5 Å². The van der Waals surface area contributed by atoms with Crippen molar-refractivity contribution in [1.29, 1.82) is 0 Å². The minimum absolute atomic E-state index is 0.120. The summed E-state index contributed by atoms with van der Waals surface area (Å²) in [5, 5.41) is 6.17. The fourth-order valence-corrected chi connectivity index (χ4v) is 7.44. The number of rotatable bonds is 9. The number of amides is 2. The molecule has 2 amide bonds. The second kappa shape index (κ2) is 10.6. The van der Waals surface area contributed by atoms with Gasteiger partial charge in [0, 0.05) is 61.4 Å². The van der Waals surface area contributed by atoms with Gasteiger partial charge in [-0.15, -0.1) is 0 Å². The molecule has 2 aromatic rings. The Labute approximate surface area is 225 Å². The summed E-state index contributed by atoms with van der Waals surface area (Å²) in [4.78, 5) is 23.7. The predicted octanol–water partition coefficient (Wildman–Crippen LogP) is 5.04. The van der Waals surface area contributed by atoms with Crippen molar-refractivity contribution in [3.8, 4) is 11.5 Å². The first kappa shape index (κ1) is 25.3. The SMILES string of the molecule is CCC(=O)NCC[C@@H]1CCc2cc(C3C[C@@H](CCNC(=O)CC)c4c3ccc3c4CCO3)c3c(c21)CCO3. The topological polar surface area (TPSA) is 76.7 Å². The smallest absolute Gasteiger partial charge is 0.219 e. The number of fused-ring (bicyclic) bond motifs is 6. The van der Waals surface area contributed by atoms with Gasteiger partial charge in [-0.3, -0.25) is 9.59 Å². The third-order valence-corrected chi connectivity index (χ3v) is 9.21. The van der Waals surface area contributed by atoms with E-state index in [1.807, 2.05) is 13.8 Å². The molecular formula is C32H40N2O4. The van der Waals surface area contributed by atoms with Crippen LogP contribution in [0.1, 0.15) is 109 Å². The monoisotopic (exact) mass is 516 g/mol. The Balaban J connectivity index is 1.31. The normalized spacial score (nSPS) is 22.2. The highest BCUT2D eigenvalue weighted by molar-refractivity contribution is 5.75. The molecule has 2 N–H and O–H groups in total. The fourth-order valence-electron chi connectivity index (χ4n) is 7.44. The number of hydrogen-bond donors (Lipinski definition) is 2. The third kappa shape index (κ3) is 4.46. The van der Waals surface area contributed by atoms with Gasteiger partial charge < -0.3 is 20.1 Å². The van der Waals surface area contributed by atoms with Crippen molar-refractivity contribution in [1.82, 2.24) is 10.6 Å². The first-order chi connectivity index (χ1) is 18.6. The molecular weight excluding hydrogens is 476 g/mol. The van der Waals surface area contributed by atoms with E-state index < -0.39 is 0 Å². The maximum Gasteiger partial charge on any atom is 0.219 e. The molecule has 0 radical (unpaired) electrons. The van der Waals surface area contributed by atoms with Gasteiger partial charge in [0.05, 0.1) is 13.2 Å². The summed E-state index contributed by atoms with van der Waals surface area (Å²) in [5.74, 6) is 3.63. The Hall–Kier alpha value is -3.02. The van der Waals surface area contributed by atoms with Crippen molar-refractivity contribution < 1.29 is 19.1 Å². The Morgan fingerprint density at radius 2 is 1.55 bits per heavy atom. The lowest BCUT2D eigenvalue weighted by atomic mass is 9.84. The summed E-state index contributed by atoms with van der Waals surface area (Å²) >= 11 is 0. The van der Waals surface area contributed by atoms with Crippen LogP contribution in [0.4, 0.5) is 0 Å². The Morgan fingerprint density at radius 3 is 2.32 bits per heavy atom. The van der Waals surface area contributed by atoms with E-state index in [0.29, 0.717) is 37.1 Å². The van der Waals surface area contributed by atoms with Gasteiger partial charge in [-0.2, -0.15) is 0 Å². The average molecular weight is 517 g/mol. The van der Waals surface area contributed by atoms with Crippen molar-refractivity contribution in [2.45, 2.75) is 89.4 Å². The van der Waals surface area contributed by atoms with Crippen LogP contribution in [0.2, 0.25) is 0 Å². The van der Waals surface area contributed by atoms with Gasteiger partial charge in [0.25, 0.3) is 0 Å². The van der Waals surface area contributed by atoms with Crippen LogP contribution >= 0.6 is 0 Å². The van der Waals surface area contributed by atoms with E-state index in [9.17, 15) is 9.59 Å². The summed E-state index contributed by atoms with van der Waals surface area (Å²) < 4.78 is 12.3. The molecule has 202 valence electrons. The maximum atomic E-state index is 11.9. The van der Waals surface area contributed by atoms with Crippen LogP contribution in [0.25, 0.3) is 0 Å². The average Bonchev–Trinajstić information content (AvgIpc) is 3.72. The number of carbonyl (C=O) groups excluding carboxylic acids is 2. The van der Waals surface area contributed by atoms with Gasteiger partial charge in [-0.05, 0) is 72.3 Å². The Morgan fingerprint density at radius 1 is 0.842 bits per heavy atom. The van der Waals surface area contributed by atoms with E-state index in [2.05, 4.69) is 28.8 Å². The highest BCUT2D eigenvalue weighted by atomic mass is 16.5. The number of carbonyl (C=O) groups is 2.